The maximum absolute atomic E-state index is 5.37. The smallest absolute Gasteiger partial charge is 0.136 e. The first-order valence-corrected chi connectivity index (χ1v) is 5.70. The van der Waals surface area contributed by atoms with Crippen LogP contribution in [0.15, 0.2) is 34.4 Å². The number of hydrogen-bond donors (Lipinski definition) is 1. The van der Waals surface area contributed by atoms with Crippen LogP contribution in [0.25, 0.3) is 0 Å². The van der Waals surface area contributed by atoms with Gasteiger partial charge in [-0.1, -0.05) is 0 Å². The molecule has 0 radical (unpaired) electrons. The lowest BCUT2D eigenvalue weighted by Gasteiger charge is -2.18. The molecule has 2 nitrogen and oxygen atoms in total. The van der Waals surface area contributed by atoms with Crippen LogP contribution in [0.4, 0.5) is 0 Å². The van der Waals surface area contributed by atoms with Crippen molar-refractivity contribution in [1.82, 2.24) is 4.90 Å². The highest BCUT2D eigenvalue weighted by Gasteiger charge is 2.25. The SMILES string of the molecule is SC=CN1CCSC1c1ccco1. The quantitative estimate of drug-likeness (QED) is 0.761. The highest BCUT2D eigenvalue weighted by Crippen LogP contribution is 2.38. The van der Waals surface area contributed by atoms with E-state index in [1.54, 1.807) is 11.7 Å². The van der Waals surface area contributed by atoms with Crippen LogP contribution in [0.2, 0.25) is 0 Å². The van der Waals surface area contributed by atoms with Crippen LogP contribution in [0, 0.1) is 0 Å². The van der Waals surface area contributed by atoms with Gasteiger partial charge < -0.3 is 9.32 Å². The van der Waals surface area contributed by atoms with Gasteiger partial charge in [-0.3, -0.25) is 0 Å². The number of nitrogens with zero attached hydrogens (tertiary/aromatic N) is 1. The molecular weight excluding hydrogens is 202 g/mol. The Labute approximate surface area is 87.4 Å². The number of thiol groups is 1. The molecule has 0 N–H and O–H groups in total. The minimum Gasteiger partial charge on any atom is -0.466 e. The maximum Gasteiger partial charge on any atom is 0.136 e. The lowest BCUT2D eigenvalue weighted by Crippen LogP contribution is -2.15. The third-order valence-electron chi connectivity index (χ3n) is 1.97. The van der Waals surface area contributed by atoms with E-state index in [0.29, 0.717) is 5.37 Å². The molecule has 1 atom stereocenters. The molecule has 2 heterocycles. The Bertz CT molecular complexity index is 284. The minimum absolute atomic E-state index is 0.332. The molecule has 1 unspecified atom stereocenters. The number of rotatable bonds is 2. The molecule has 0 saturated carbocycles. The second-order valence-corrected chi connectivity index (χ2v) is 4.26. The molecule has 0 aliphatic carbocycles. The first-order valence-electron chi connectivity index (χ1n) is 4.13. The van der Waals surface area contributed by atoms with E-state index in [-0.39, 0.29) is 0 Å². The normalized spacial score (nSPS) is 23.2. The van der Waals surface area contributed by atoms with Gasteiger partial charge in [-0.05, 0) is 17.5 Å². The Morgan fingerprint density at radius 2 is 2.62 bits per heavy atom. The Hall–Kier alpha value is -0.480. The summed E-state index contributed by atoms with van der Waals surface area (Å²) in [6.45, 7) is 1.06. The van der Waals surface area contributed by atoms with Crippen LogP contribution >= 0.6 is 24.4 Å². The number of thioether (sulfide) groups is 1. The molecule has 0 bridgehead atoms. The van der Waals surface area contributed by atoms with Gasteiger partial charge in [0.15, 0.2) is 0 Å². The molecule has 1 aromatic rings. The summed E-state index contributed by atoms with van der Waals surface area (Å²) in [5, 5.41) is 2.10. The van der Waals surface area contributed by atoms with Crippen molar-refractivity contribution in [3.63, 3.8) is 0 Å². The highest BCUT2D eigenvalue weighted by atomic mass is 32.2. The van der Waals surface area contributed by atoms with Crippen molar-refractivity contribution in [3.8, 4) is 0 Å². The molecule has 1 aromatic heterocycles. The predicted molar refractivity (Wildman–Crippen MR) is 58.7 cm³/mol. The summed E-state index contributed by atoms with van der Waals surface area (Å²) >= 11 is 5.97. The summed E-state index contributed by atoms with van der Waals surface area (Å²) in [7, 11) is 0. The molecule has 1 aliphatic rings. The molecule has 0 amide bonds. The van der Waals surface area contributed by atoms with Crippen molar-refractivity contribution < 1.29 is 4.42 Å². The average Bonchev–Trinajstić information content (AvgIpc) is 2.71. The van der Waals surface area contributed by atoms with Crippen LogP contribution in [0.1, 0.15) is 11.1 Å². The van der Waals surface area contributed by atoms with E-state index in [2.05, 4.69) is 17.5 Å². The van der Waals surface area contributed by atoms with Crippen molar-refractivity contribution in [2.45, 2.75) is 5.37 Å². The topological polar surface area (TPSA) is 16.4 Å². The zero-order valence-corrected chi connectivity index (χ0v) is 8.80. The van der Waals surface area contributed by atoms with Crippen molar-refractivity contribution in [2.24, 2.45) is 0 Å². The fourth-order valence-corrected chi connectivity index (χ4v) is 2.77. The van der Waals surface area contributed by atoms with Gasteiger partial charge in [0, 0.05) is 18.5 Å². The highest BCUT2D eigenvalue weighted by molar-refractivity contribution is 7.99. The molecule has 13 heavy (non-hydrogen) atoms. The Balaban J connectivity index is 2.14. The van der Waals surface area contributed by atoms with E-state index in [4.69, 9.17) is 4.42 Å². The molecule has 2 rings (SSSR count). The van der Waals surface area contributed by atoms with E-state index in [0.717, 1.165) is 18.1 Å². The third kappa shape index (κ3) is 1.89. The summed E-state index contributed by atoms with van der Waals surface area (Å²) in [5.41, 5.74) is 0. The summed E-state index contributed by atoms with van der Waals surface area (Å²) in [6, 6.07) is 3.94. The average molecular weight is 213 g/mol. The first kappa shape index (κ1) is 9.09. The van der Waals surface area contributed by atoms with Gasteiger partial charge in [0.05, 0.1) is 6.26 Å². The van der Waals surface area contributed by atoms with Gasteiger partial charge in [0.2, 0.25) is 0 Å². The molecule has 4 heteroatoms. The summed E-state index contributed by atoms with van der Waals surface area (Å²) in [4.78, 5) is 2.23. The Morgan fingerprint density at radius 3 is 3.31 bits per heavy atom. The zero-order chi connectivity index (χ0) is 9.10. The largest absolute Gasteiger partial charge is 0.466 e. The van der Waals surface area contributed by atoms with Gasteiger partial charge in [-0.25, -0.2) is 0 Å². The van der Waals surface area contributed by atoms with E-state index < -0.39 is 0 Å². The van der Waals surface area contributed by atoms with E-state index in [9.17, 15) is 0 Å². The van der Waals surface area contributed by atoms with Crippen LogP contribution < -0.4 is 0 Å². The molecule has 0 aromatic carbocycles. The van der Waals surface area contributed by atoms with Gasteiger partial charge in [-0.2, -0.15) is 0 Å². The second-order valence-electron chi connectivity index (χ2n) is 2.77. The number of hydrogen-bond acceptors (Lipinski definition) is 4. The van der Waals surface area contributed by atoms with Crippen molar-refractivity contribution >= 4 is 24.4 Å². The van der Waals surface area contributed by atoms with Crippen LogP contribution in [-0.4, -0.2) is 17.2 Å². The standard InChI is InChI=1S/C9H11NOS2/c12-6-3-10-4-7-13-9(10)8-2-1-5-11-8/h1-3,5-6,9,12H,4,7H2. The van der Waals surface area contributed by atoms with Gasteiger partial charge in [0.25, 0.3) is 0 Å². The van der Waals surface area contributed by atoms with Crippen LogP contribution in [0.3, 0.4) is 0 Å². The summed E-state index contributed by atoms with van der Waals surface area (Å²) < 4.78 is 5.37. The fourth-order valence-electron chi connectivity index (χ4n) is 1.40. The lowest BCUT2D eigenvalue weighted by atomic mass is 10.4. The first-order chi connectivity index (χ1) is 6.42. The monoisotopic (exact) mass is 213 g/mol. The molecule has 1 fully saturated rings. The van der Waals surface area contributed by atoms with Crippen LogP contribution in [0.5, 0.6) is 0 Å². The molecule has 1 aliphatic heterocycles. The Kier molecular flexibility index (Phi) is 2.90. The summed E-state index contributed by atoms with van der Waals surface area (Å²) in [5.74, 6) is 2.16. The zero-order valence-electron chi connectivity index (χ0n) is 7.09. The van der Waals surface area contributed by atoms with Crippen molar-refractivity contribution in [1.29, 1.82) is 0 Å². The maximum atomic E-state index is 5.37. The fraction of sp³-hybridized carbons (Fsp3) is 0.333. The second kappa shape index (κ2) is 4.15. The van der Waals surface area contributed by atoms with Gasteiger partial charge in [-0.15, -0.1) is 24.4 Å². The van der Waals surface area contributed by atoms with Gasteiger partial charge in [0.1, 0.15) is 11.1 Å². The van der Waals surface area contributed by atoms with E-state index in [1.807, 2.05) is 30.1 Å². The van der Waals surface area contributed by atoms with E-state index in [1.165, 1.54) is 0 Å². The summed E-state index contributed by atoms with van der Waals surface area (Å²) in [6.07, 6.45) is 3.72. The van der Waals surface area contributed by atoms with Crippen LogP contribution in [-0.2, 0) is 0 Å². The lowest BCUT2D eigenvalue weighted by molar-refractivity contribution is 0.353. The minimum atomic E-state index is 0.332. The molecule has 1 saturated heterocycles. The van der Waals surface area contributed by atoms with Crippen molar-refractivity contribution in [2.75, 3.05) is 12.3 Å². The van der Waals surface area contributed by atoms with Crippen molar-refractivity contribution in [3.05, 3.63) is 35.8 Å². The molecular formula is C9H11NOS2. The third-order valence-corrected chi connectivity index (χ3v) is 3.34. The molecule has 70 valence electrons. The van der Waals surface area contributed by atoms with Gasteiger partial charge >= 0.3 is 0 Å². The predicted octanol–water partition coefficient (Wildman–Crippen LogP) is 2.73. The van der Waals surface area contributed by atoms with E-state index >= 15 is 0 Å². The molecule has 0 spiro atoms. The number of furan rings is 1. The Morgan fingerprint density at radius 1 is 1.69 bits per heavy atom.